The third-order valence-corrected chi connectivity index (χ3v) is 5.18. The second-order valence-corrected chi connectivity index (χ2v) is 6.76. The standard InChI is InChI=1S/C18H16N2O2S/c21-16-6-3-7-17-14(16)10-12(23-17)11-20-9-8-19-18(22)13-4-1-2-5-15(13)20/h1-7,10,21H,8-9,11H2,(H,19,22). The molecule has 2 N–H and O–H groups in total. The highest BCUT2D eigenvalue weighted by atomic mass is 32.1. The Morgan fingerprint density at radius 2 is 2.04 bits per heavy atom. The van der Waals surface area contributed by atoms with Crippen LogP contribution in [0.15, 0.2) is 48.5 Å². The lowest BCUT2D eigenvalue weighted by atomic mass is 10.1. The monoisotopic (exact) mass is 324 g/mol. The van der Waals surface area contributed by atoms with Crippen LogP contribution in [-0.4, -0.2) is 24.1 Å². The lowest BCUT2D eigenvalue weighted by Crippen LogP contribution is -2.29. The summed E-state index contributed by atoms with van der Waals surface area (Å²) in [5, 5.41) is 13.8. The molecule has 0 unspecified atom stereocenters. The zero-order chi connectivity index (χ0) is 15.8. The Labute approximate surface area is 138 Å². The SMILES string of the molecule is O=C1NCCN(Cc2cc3c(O)cccc3s2)c2ccccc21. The van der Waals surface area contributed by atoms with Gasteiger partial charge in [-0.25, -0.2) is 0 Å². The molecule has 0 aliphatic carbocycles. The molecule has 1 aliphatic heterocycles. The first kappa shape index (κ1) is 14.1. The Balaban J connectivity index is 1.71. The second kappa shape index (κ2) is 5.59. The summed E-state index contributed by atoms with van der Waals surface area (Å²) in [7, 11) is 0. The number of thiophene rings is 1. The van der Waals surface area contributed by atoms with Crippen LogP contribution < -0.4 is 10.2 Å². The summed E-state index contributed by atoms with van der Waals surface area (Å²) in [6.45, 7) is 2.12. The number of benzene rings is 2. The maximum atomic E-state index is 12.1. The van der Waals surface area contributed by atoms with Crippen molar-refractivity contribution in [3.63, 3.8) is 0 Å². The molecule has 0 radical (unpaired) electrons. The van der Waals surface area contributed by atoms with Gasteiger partial charge in [-0.3, -0.25) is 4.79 Å². The van der Waals surface area contributed by atoms with E-state index in [1.54, 1.807) is 17.4 Å². The minimum atomic E-state index is -0.0166. The van der Waals surface area contributed by atoms with Gasteiger partial charge in [0.1, 0.15) is 5.75 Å². The summed E-state index contributed by atoms with van der Waals surface area (Å²) in [5.41, 5.74) is 1.68. The van der Waals surface area contributed by atoms with Crippen molar-refractivity contribution in [2.45, 2.75) is 6.54 Å². The van der Waals surface area contributed by atoms with Crippen molar-refractivity contribution in [2.75, 3.05) is 18.0 Å². The van der Waals surface area contributed by atoms with Crippen molar-refractivity contribution in [3.05, 3.63) is 59.0 Å². The third-order valence-electron chi connectivity index (χ3n) is 4.09. The van der Waals surface area contributed by atoms with Crippen molar-refractivity contribution in [3.8, 4) is 5.75 Å². The lowest BCUT2D eigenvalue weighted by Gasteiger charge is -2.23. The number of amides is 1. The fourth-order valence-electron chi connectivity index (χ4n) is 2.99. The molecular weight excluding hydrogens is 308 g/mol. The van der Waals surface area contributed by atoms with E-state index in [1.165, 1.54) is 4.88 Å². The summed E-state index contributed by atoms with van der Waals surface area (Å²) in [4.78, 5) is 15.5. The number of nitrogens with one attached hydrogen (secondary N) is 1. The molecule has 0 spiro atoms. The smallest absolute Gasteiger partial charge is 0.253 e. The van der Waals surface area contributed by atoms with E-state index in [0.717, 1.165) is 28.9 Å². The summed E-state index contributed by atoms with van der Waals surface area (Å²) in [5.74, 6) is 0.301. The first-order chi connectivity index (χ1) is 11.2. The Bertz CT molecular complexity index is 888. The number of phenolic OH excluding ortho intramolecular Hbond substituents is 1. The number of para-hydroxylation sites is 1. The number of hydrogen-bond acceptors (Lipinski definition) is 4. The van der Waals surface area contributed by atoms with Crippen molar-refractivity contribution >= 4 is 33.0 Å². The van der Waals surface area contributed by atoms with Gasteiger partial charge < -0.3 is 15.3 Å². The predicted molar refractivity (Wildman–Crippen MR) is 93.3 cm³/mol. The molecule has 0 atom stereocenters. The minimum Gasteiger partial charge on any atom is -0.507 e. The number of nitrogens with zero attached hydrogens (tertiary/aromatic N) is 1. The normalized spacial score (nSPS) is 14.4. The molecule has 0 fully saturated rings. The number of anilines is 1. The van der Waals surface area contributed by atoms with E-state index in [-0.39, 0.29) is 5.91 Å². The molecule has 116 valence electrons. The van der Waals surface area contributed by atoms with Crippen molar-refractivity contribution in [1.29, 1.82) is 0 Å². The van der Waals surface area contributed by atoms with E-state index in [4.69, 9.17) is 0 Å². The van der Waals surface area contributed by atoms with Gasteiger partial charge in [0.25, 0.3) is 5.91 Å². The van der Waals surface area contributed by atoms with E-state index in [2.05, 4.69) is 10.2 Å². The van der Waals surface area contributed by atoms with Crippen molar-refractivity contribution < 1.29 is 9.90 Å². The molecule has 4 nitrogen and oxygen atoms in total. The summed E-state index contributed by atoms with van der Waals surface area (Å²) in [6.07, 6.45) is 0. The number of carbonyl (C=O) groups is 1. The summed E-state index contributed by atoms with van der Waals surface area (Å²) < 4.78 is 1.08. The Morgan fingerprint density at radius 3 is 2.91 bits per heavy atom. The first-order valence-electron chi connectivity index (χ1n) is 7.55. The highest BCUT2D eigenvalue weighted by Gasteiger charge is 2.20. The molecule has 0 saturated carbocycles. The van der Waals surface area contributed by atoms with Gasteiger partial charge in [-0.2, -0.15) is 0 Å². The van der Waals surface area contributed by atoms with Crippen LogP contribution in [-0.2, 0) is 6.54 Å². The van der Waals surface area contributed by atoms with E-state index in [0.29, 0.717) is 17.9 Å². The molecule has 2 heterocycles. The number of fused-ring (bicyclic) bond motifs is 2. The van der Waals surface area contributed by atoms with Crippen molar-refractivity contribution in [1.82, 2.24) is 5.32 Å². The topological polar surface area (TPSA) is 52.6 Å². The maximum absolute atomic E-state index is 12.1. The van der Waals surface area contributed by atoms with Gasteiger partial charge in [0.15, 0.2) is 0 Å². The number of rotatable bonds is 2. The number of hydrogen-bond donors (Lipinski definition) is 2. The van der Waals surface area contributed by atoms with Gasteiger partial charge >= 0.3 is 0 Å². The number of aromatic hydroxyl groups is 1. The largest absolute Gasteiger partial charge is 0.507 e. The zero-order valence-electron chi connectivity index (χ0n) is 12.5. The molecule has 3 aromatic rings. The second-order valence-electron chi connectivity index (χ2n) is 5.60. The fraction of sp³-hybridized carbons (Fsp3) is 0.167. The van der Waals surface area contributed by atoms with Crippen LogP contribution in [0, 0.1) is 0 Å². The molecule has 0 bridgehead atoms. The number of carbonyl (C=O) groups excluding carboxylic acids is 1. The average molecular weight is 324 g/mol. The van der Waals surface area contributed by atoms with Crippen LogP contribution in [0.25, 0.3) is 10.1 Å². The first-order valence-corrected chi connectivity index (χ1v) is 8.36. The molecular formula is C18H16N2O2S. The van der Waals surface area contributed by atoms with Gasteiger partial charge in [-0.05, 0) is 30.3 Å². The molecule has 1 aromatic heterocycles. The lowest BCUT2D eigenvalue weighted by molar-refractivity contribution is 0.0958. The maximum Gasteiger partial charge on any atom is 0.253 e. The van der Waals surface area contributed by atoms with Gasteiger partial charge in [0.05, 0.1) is 12.1 Å². The molecule has 5 heteroatoms. The molecule has 4 rings (SSSR count). The summed E-state index contributed by atoms with van der Waals surface area (Å²) >= 11 is 1.68. The minimum absolute atomic E-state index is 0.0166. The quantitative estimate of drug-likeness (QED) is 0.760. The Morgan fingerprint density at radius 1 is 1.17 bits per heavy atom. The van der Waals surface area contributed by atoms with Crippen LogP contribution in [0.1, 0.15) is 15.2 Å². The molecule has 1 aliphatic rings. The molecule has 1 amide bonds. The van der Waals surface area contributed by atoms with Gasteiger partial charge in [0, 0.05) is 33.7 Å². The average Bonchev–Trinajstić information content (AvgIpc) is 2.91. The third kappa shape index (κ3) is 2.53. The van der Waals surface area contributed by atoms with Crippen LogP contribution in [0.5, 0.6) is 5.75 Å². The van der Waals surface area contributed by atoms with E-state index in [9.17, 15) is 9.90 Å². The Kier molecular flexibility index (Phi) is 3.42. The molecule has 0 saturated heterocycles. The van der Waals surface area contributed by atoms with Gasteiger partial charge in [-0.1, -0.05) is 18.2 Å². The van der Waals surface area contributed by atoms with Crippen molar-refractivity contribution in [2.24, 2.45) is 0 Å². The molecule has 23 heavy (non-hydrogen) atoms. The summed E-state index contributed by atoms with van der Waals surface area (Å²) in [6, 6.07) is 15.3. The van der Waals surface area contributed by atoms with E-state index >= 15 is 0 Å². The van der Waals surface area contributed by atoms with Crippen LogP contribution in [0.4, 0.5) is 5.69 Å². The van der Waals surface area contributed by atoms with E-state index in [1.807, 2.05) is 42.5 Å². The zero-order valence-corrected chi connectivity index (χ0v) is 13.3. The Hall–Kier alpha value is -2.53. The van der Waals surface area contributed by atoms with Crippen LogP contribution in [0.2, 0.25) is 0 Å². The van der Waals surface area contributed by atoms with Crippen LogP contribution >= 0.6 is 11.3 Å². The van der Waals surface area contributed by atoms with Crippen LogP contribution in [0.3, 0.4) is 0 Å². The predicted octanol–water partition coefficient (Wildman–Crippen LogP) is 3.36. The van der Waals surface area contributed by atoms with Gasteiger partial charge in [-0.15, -0.1) is 11.3 Å². The highest BCUT2D eigenvalue weighted by Crippen LogP contribution is 2.33. The van der Waals surface area contributed by atoms with Gasteiger partial charge in [0.2, 0.25) is 0 Å². The fourth-order valence-corrected chi connectivity index (χ4v) is 4.09. The number of phenols is 1. The molecule has 2 aromatic carbocycles. The highest BCUT2D eigenvalue weighted by molar-refractivity contribution is 7.19. The van der Waals surface area contributed by atoms with E-state index < -0.39 is 0 Å².